The average molecular weight is 487 g/mol. The molecule has 1 amide bonds. The highest BCUT2D eigenvalue weighted by Crippen LogP contribution is 2.44. The number of aliphatic hydroxyl groups excluding tert-OH is 1. The number of hydrogen-bond acceptors (Lipinski definition) is 5. The largest absolute Gasteiger partial charge is 0.507 e. The van der Waals surface area contributed by atoms with Gasteiger partial charge in [0.15, 0.2) is 23.1 Å². The summed E-state index contributed by atoms with van der Waals surface area (Å²) in [6.07, 6.45) is 0. The van der Waals surface area contributed by atoms with Crippen molar-refractivity contribution in [3.05, 3.63) is 107 Å². The van der Waals surface area contributed by atoms with Gasteiger partial charge in [-0.2, -0.15) is 0 Å². The maximum atomic E-state index is 14.1. The smallest absolute Gasteiger partial charge is 0.300 e. The first kappa shape index (κ1) is 23.0. The van der Waals surface area contributed by atoms with Crippen molar-refractivity contribution in [1.29, 1.82) is 0 Å². The van der Waals surface area contributed by atoms with Gasteiger partial charge in [-0.1, -0.05) is 42.5 Å². The summed E-state index contributed by atoms with van der Waals surface area (Å²) in [6, 6.07) is 18.3. The number of carbonyl (C=O) groups excluding carboxylic acids is 2. The first-order valence-corrected chi connectivity index (χ1v) is 10.9. The third-order valence-electron chi connectivity index (χ3n) is 6.17. The lowest BCUT2D eigenvalue weighted by atomic mass is 9.94. The first-order chi connectivity index (χ1) is 17.3. The van der Waals surface area contributed by atoms with Crippen LogP contribution < -0.4 is 9.64 Å². The van der Waals surface area contributed by atoms with Gasteiger partial charge in [0.25, 0.3) is 11.7 Å². The van der Waals surface area contributed by atoms with E-state index in [4.69, 9.17) is 4.74 Å². The molecule has 4 aromatic carbocycles. The van der Waals surface area contributed by atoms with Crippen LogP contribution in [0.15, 0.2) is 84.4 Å². The monoisotopic (exact) mass is 487 g/mol. The number of ketones is 1. The second kappa shape index (κ2) is 8.81. The molecular weight excluding hydrogens is 468 g/mol. The van der Waals surface area contributed by atoms with Gasteiger partial charge in [-0.05, 0) is 46.7 Å². The van der Waals surface area contributed by atoms with Crippen LogP contribution in [0.4, 0.5) is 14.5 Å². The van der Waals surface area contributed by atoms with Crippen molar-refractivity contribution in [3.8, 4) is 11.5 Å². The normalized spacial score (nSPS) is 17.1. The number of Topliss-reactive ketones (excluding diaryl/α,β-unsaturated/α-hetero) is 1. The zero-order valence-electron chi connectivity index (χ0n) is 18.9. The van der Waals surface area contributed by atoms with E-state index in [9.17, 15) is 28.6 Å². The maximum Gasteiger partial charge on any atom is 0.300 e. The molecule has 0 saturated carbocycles. The number of halogens is 2. The van der Waals surface area contributed by atoms with Crippen LogP contribution in [0.1, 0.15) is 17.2 Å². The Hall–Kier alpha value is -4.72. The third-order valence-corrected chi connectivity index (χ3v) is 6.17. The second-order valence-electron chi connectivity index (χ2n) is 8.26. The summed E-state index contributed by atoms with van der Waals surface area (Å²) in [5.74, 6) is -4.93. The van der Waals surface area contributed by atoms with Crippen molar-refractivity contribution in [2.75, 3.05) is 12.0 Å². The Morgan fingerprint density at radius 3 is 2.33 bits per heavy atom. The highest BCUT2D eigenvalue weighted by Gasteiger charge is 2.47. The van der Waals surface area contributed by atoms with Crippen LogP contribution in [0, 0.1) is 11.6 Å². The second-order valence-corrected chi connectivity index (χ2v) is 8.26. The van der Waals surface area contributed by atoms with Gasteiger partial charge in [-0.15, -0.1) is 0 Å². The molecule has 1 atom stereocenters. The number of anilines is 1. The van der Waals surface area contributed by atoms with E-state index in [2.05, 4.69) is 0 Å². The first-order valence-electron chi connectivity index (χ1n) is 10.9. The SMILES string of the molecule is COc1ccc(C2/C(=C(/O)c3ccc4ccccc4c3)C(=O)C(=O)N2c2ccc(F)c(F)c2)cc1O. The van der Waals surface area contributed by atoms with Crippen molar-refractivity contribution in [1.82, 2.24) is 0 Å². The number of benzene rings is 4. The molecule has 8 heteroatoms. The van der Waals surface area contributed by atoms with Crippen LogP contribution in [0.5, 0.6) is 11.5 Å². The number of fused-ring (bicyclic) bond motifs is 1. The predicted octanol–water partition coefficient (Wildman–Crippen LogP) is 5.46. The van der Waals surface area contributed by atoms with Gasteiger partial charge in [-0.3, -0.25) is 14.5 Å². The van der Waals surface area contributed by atoms with Gasteiger partial charge < -0.3 is 14.9 Å². The summed E-state index contributed by atoms with van der Waals surface area (Å²) in [4.78, 5) is 27.4. The van der Waals surface area contributed by atoms with E-state index in [-0.39, 0.29) is 28.3 Å². The van der Waals surface area contributed by atoms with E-state index in [0.717, 1.165) is 33.9 Å². The minimum atomic E-state index is -1.24. The standard InChI is InChI=1S/C28H19F2NO5/c1-36-23-11-8-17(13-22(23)32)25-24(26(33)18-7-6-15-4-2-3-5-16(15)12-18)27(34)28(35)31(25)19-9-10-20(29)21(30)14-19/h2-14,25,32-33H,1H3/b26-24-. The maximum absolute atomic E-state index is 14.1. The molecule has 0 aromatic heterocycles. The molecule has 36 heavy (non-hydrogen) atoms. The molecule has 2 N–H and O–H groups in total. The van der Waals surface area contributed by atoms with E-state index < -0.39 is 35.1 Å². The van der Waals surface area contributed by atoms with Gasteiger partial charge in [0.2, 0.25) is 0 Å². The molecule has 0 bridgehead atoms. The molecule has 1 unspecified atom stereocenters. The van der Waals surface area contributed by atoms with E-state index in [1.54, 1.807) is 18.2 Å². The Balaban J connectivity index is 1.74. The molecule has 0 radical (unpaired) electrons. The van der Waals surface area contributed by atoms with Crippen molar-refractivity contribution >= 4 is 33.9 Å². The van der Waals surface area contributed by atoms with Gasteiger partial charge in [0.1, 0.15) is 5.76 Å². The van der Waals surface area contributed by atoms with Gasteiger partial charge in [0, 0.05) is 17.3 Å². The summed E-state index contributed by atoms with van der Waals surface area (Å²) < 4.78 is 32.8. The fourth-order valence-corrected chi connectivity index (χ4v) is 4.42. The number of phenols is 1. The summed E-state index contributed by atoms with van der Waals surface area (Å²) in [5, 5.41) is 23.4. The van der Waals surface area contributed by atoms with E-state index in [1.165, 1.54) is 25.3 Å². The third kappa shape index (κ3) is 3.73. The number of methoxy groups -OCH3 is 1. The molecule has 6 nitrogen and oxygen atoms in total. The van der Waals surface area contributed by atoms with Crippen molar-refractivity contribution < 1.29 is 33.3 Å². The molecule has 1 aliphatic heterocycles. The molecule has 1 aliphatic rings. The molecule has 1 heterocycles. The number of nitrogens with zero attached hydrogens (tertiary/aromatic N) is 1. The minimum absolute atomic E-state index is 0.0890. The predicted molar refractivity (Wildman–Crippen MR) is 130 cm³/mol. The van der Waals surface area contributed by atoms with Crippen molar-refractivity contribution in [3.63, 3.8) is 0 Å². The summed E-state index contributed by atoms with van der Waals surface area (Å²) >= 11 is 0. The Morgan fingerprint density at radius 2 is 1.64 bits per heavy atom. The molecule has 180 valence electrons. The molecule has 1 fully saturated rings. The molecule has 4 aromatic rings. The molecule has 0 spiro atoms. The fraction of sp³-hybridized carbons (Fsp3) is 0.0714. The van der Waals surface area contributed by atoms with Crippen molar-refractivity contribution in [2.45, 2.75) is 6.04 Å². The number of carbonyl (C=O) groups is 2. The molecule has 0 aliphatic carbocycles. The van der Waals surface area contributed by atoms with Gasteiger partial charge in [-0.25, -0.2) is 8.78 Å². The van der Waals surface area contributed by atoms with Crippen molar-refractivity contribution in [2.24, 2.45) is 0 Å². The highest BCUT2D eigenvalue weighted by molar-refractivity contribution is 6.51. The minimum Gasteiger partial charge on any atom is -0.507 e. The van der Waals surface area contributed by atoms with Crippen LogP contribution in [0.2, 0.25) is 0 Å². The van der Waals surface area contributed by atoms with Crippen LogP contribution in [0.25, 0.3) is 16.5 Å². The number of phenolic OH excluding ortho intramolecular Hbond substituents is 1. The van der Waals surface area contributed by atoms with Crippen LogP contribution in [0.3, 0.4) is 0 Å². The Kier molecular flexibility index (Phi) is 5.64. The highest BCUT2D eigenvalue weighted by atomic mass is 19.2. The van der Waals surface area contributed by atoms with Gasteiger partial charge in [0.05, 0.1) is 18.7 Å². The molecule has 1 saturated heterocycles. The lowest BCUT2D eigenvalue weighted by Crippen LogP contribution is -2.29. The molecular formula is C28H19F2NO5. The summed E-state index contributed by atoms with van der Waals surface area (Å²) in [6.45, 7) is 0. The Bertz CT molecular complexity index is 1580. The van der Waals surface area contributed by atoms with Crippen LogP contribution in [-0.2, 0) is 9.59 Å². The van der Waals surface area contributed by atoms with Gasteiger partial charge >= 0.3 is 0 Å². The Labute approximate surface area is 204 Å². The Morgan fingerprint density at radius 1 is 0.889 bits per heavy atom. The zero-order valence-corrected chi connectivity index (χ0v) is 18.9. The quantitative estimate of drug-likeness (QED) is 0.227. The lowest BCUT2D eigenvalue weighted by molar-refractivity contribution is -0.132. The lowest BCUT2D eigenvalue weighted by Gasteiger charge is -2.26. The number of hydrogen-bond donors (Lipinski definition) is 2. The number of aliphatic hydroxyl groups is 1. The zero-order chi connectivity index (χ0) is 25.6. The number of aromatic hydroxyl groups is 1. The number of ether oxygens (including phenoxy) is 1. The van der Waals surface area contributed by atoms with E-state index in [0.29, 0.717) is 5.56 Å². The average Bonchev–Trinajstić information content (AvgIpc) is 3.15. The van der Waals surface area contributed by atoms with Crippen LogP contribution >= 0.6 is 0 Å². The fourth-order valence-electron chi connectivity index (χ4n) is 4.42. The number of rotatable bonds is 4. The molecule has 5 rings (SSSR count). The number of amides is 1. The topological polar surface area (TPSA) is 87.1 Å². The summed E-state index contributed by atoms with van der Waals surface area (Å²) in [5.41, 5.74) is 0.192. The summed E-state index contributed by atoms with van der Waals surface area (Å²) in [7, 11) is 1.36. The van der Waals surface area contributed by atoms with E-state index >= 15 is 0 Å². The van der Waals surface area contributed by atoms with Crippen LogP contribution in [-0.4, -0.2) is 29.0 Å². The van der Waals surface area contributed by atoms with E-state index in [1.807, 2.05) is 24.3 Å².